The Kier molecular flexibility index (Phi) is 5.93. The minimum absolute atomic E-state index is 0.109. The second kappa shape index (κ2) is 8.76. The Hall–Kier alpha value is -2.69. The minimum Gasteiger partial charge on any atom is -0.352 e. The van der Waals surface area contributed by atoms with Crippen molar-refractivity contribution >= 4 is 44.3 Å². The standard InChI is InChI=1S/C24H18BrClN2O/c25-18-7-4-6-17(14-18)23-15-21(20-9-1-2-10-22(20)28-23)24(29)27-12-11-16-5-3-8-19(26)13-16/h1-10,13-15H,11-12H2,(H,27,29). The van der Waals surface area contributed by atoms with Gasteiger partial charge in [0.15, 0.2) is 0 Å². The number of nitrogens with one attached hydrogen (secondary N) is 1. The number of amides is 1. The number of hydrogen-bond donors (Lipinski definition) is 1. The van der Waals surface area contributed by atoms with Gasteiger partial charge in [-0.05, 0) is 48.4 Å². The molecule has 1 amide bonds. The van der Waals surface area contributed by atoms with Gasteiger partial charge in [0.05, 0.1) is 16.8 Å². The second-order valence-corrected chi connectivity index (χ2v) is 8.07. The Morgan fingerprint density at radius 3 is 2.62 bits per heavy atom. The van der Waals surface area contributed by atoms with Crippen molar-refractivity contribution in [1.29, 1.82) is 0 Å². The molecule has 5 heteroatoms. The molecule has 1 aromatic heterocycles. The average molecular weight is 466 g/mol. The lowest BCUT2D eigenvalue weighted by Crippen LogP contribution is -2.26. The lowest BCUT2D eigenvalue weighted by molar-refractivity contribution is 0.0956. The molecule has 0 aliphatic heterocycles. The summed E-state index contributed by atoms with van der Waals surface area (Å²) in [6.45, 7) is 0.530. The van der Waals surface area contributed by atoms with E-state index in [1.807, 2.05) is 78.9 Å². The van der Waals surface area contributed by atoms with Crippen molar-refractivity contribution in [2.75, 3.05) is 6.54 Å². The van der Waals surface area contributed by atoms with E-state index in [2.05, 4.69) is 21.2 Å². The molecule has 3 aromatic carbocycles. The zero-order valence-corrected chi connectivity index (χ0v) is 17.9. The van der Waals surface area contributed by atoms with Gasteiger partial charge in [-0.3, -0.25) is 4.79 Å². The lowest BCUT2D eigenvalue weighted by atomic mass is 10.0. The van der Waals surface area contributed by atoms with Crippen LogP contribution >= 0.6 is 27.5 Å². The van der Waals surface area contributed by atoms with E-state index in [9.17, 15) is 4.79 Å². The van der Waals surface area contributed by atoms with E-state index >= 15 is 0 Å². The van der Waals surface area contributed by atoms with Gasteiger partial charge in [0, 0.05) is 27.0 Å². The van der Waals surface area contributed by atoms with E-state index in [1.54, 1.807) is 0 Å². The van der Waals surface area contributed by atoms with E-state index in [4.69, 9.17) is 16.6 Å². The summed E-state index contributed by atoms with van der Waals surface area (Å²) in [7, 11) is 0. The first-order valence-electron chi connectivity index (χ1n) is 9.28. The highest BCUT2D eigenvalue weighted by Crippen LogP contribution is 2.26. The Morgan fingerprint density at radius 2 is 1.79 bits per heavy atom. The third-order valence-electron chi connectivity index (χ3n) is 4.67. The molecular weight excluding hydrogens is 448 g/mol. The van der Waals surface area contributed by atoms with Gasteiger partial charge in [-0.2, -0.15) is 0 Å². The van der Waals surface area contributed by atoms with Gasteiger partial charge in [0.25, 0.3) is 5.91 Å². The molecule has 0 saturated heterocycles. The number of carbonyl (C=O) groups is 1. The lowest BCUT2D eigenvalue weighted by Gasteiger charge is -2.11. The molecule has 0 bridgehead atoms. The topological polar surface area (TPSA) is 42.0 Å². The maximum absolute atomic E-state index is 13.0. The Morgan fingerprint density at radius 1 is 0.966 bits per heavy atom. The highest BCUT2D eigenvalue weighted by atomic mass is 79.9. The van der Waals surface area contributed by atoms with Crippen LogP contribution in [0, 0.1) is 0 Å². The molecule has 0 aliphatic rings. The number of halogens is 2. The third-order valence-corrected chi connectivity index (χ3v) is 5.40. The predicted molar refractivity (Wildman–Crippen MR) is 122 cm³/mol. The van der Waals surface area contributed by atoms with Gasteiger partial charge in [-0.25, -0.2) is 4.98 Å². The Bertz CT molecular complexity index is 1190. The first-order chi connectivity index (χ1) is 14.1. The van der Waals surface area contributed by atoms with Crippen LogP contribution in [0.3, 0.4) is 0 Å². The molecule has 29 heavy (non-hydrogen) atoms. The summed E-state index contributed by atoms with van der Waals surface area (Å²) in [4.78, 5) is 17.7. The highest BCUT2D eigenvalue weighted by molar-refractivity contribution is 9.10. The number of aromatic nitrogens is 1. The van der Waals surface area contributed by atoms with Crippen LogP contribution in [0.15, 0.2) is 83.3 Å². The zero-order chi connectivity index (χ0) is 20.2. The molecular formula is C24H18BrClN2O. The Balaban J connectivity index is 1.62. The summed E-state index contributed by atoms with van der Waals surface area (Å²) >= 11 is 9.54. The van der Waals surface area contributed by atoms with Crippen molar-refractivity contribution in [3.8, 4) is 11.3 Å². The van der Waals surface area contributed by atoms with Crippen molar-refractivity contribution in [3.05, 3.63) is 99.5 Å². The molecule has 4 aromatic rings. The van der Waals surface area contributed by atoms with Crippen LogP contribution in [0.2, 0.25) is 5.02 Å². The normalized spacial score (nSPS) is 10.8. The van der Waals surface area contributed by atoms with Crippen LogP contribution < -0.4 is 5.32 Å². The van der Waals surface area contributed by atoms with Gasteiger partial charge < -0.3 is 5.32 Å². The minimum atomic E-state index is -0.109. The van der Waals surface area contributed by atoms with E-state index < -0.39 is 0 Å². The number of nitrogens with zero attached hydrogens (tertiary/aromatic N) is 1. The summed E-state index contributed by atoms with van der Waals surface area (Å²) in [5.41, 5.74) is 4.23. The molecule has 0 radical (unpaired) electrons. The van der Waals surface area contributed by atoms with Crippen LogP contribution in [0.1, 0.15) is 15.9 Å². The average Bonchev–Trinajstić information content (AvgIpc) is 2.73. The van der Waals surface area contributed by atoms with Gasteiger partial charge in [0.2, 0.25) is 0 Å². The van der Waals surface area contributed by atoms with E-state index in [1.165, 1.54) is 0 Å². The van der Waals surface area contributed by atoms with Crippen LogP contribution in [-0.2, 0) is 6.42 Å². The summed E-state index contributed by atoms with van der Waals surface area (Å²) in [5.74, 6) is -0.109. The maximum atomic E-state index is 13.0. The largest absolute Gasteiger partial charge is 0.352 e. The smallest absolute Gasteiger partial charge is 0.252 e. The number of fused-ring (bicyclic) bond motifs is 1. The second-order valence-electron chi connectivity index (χ2n) is 6.72. The molecule has 144 valence electrons. The molecule has 0 saturated carbocycles. The van der Waals surface area contributed by atoms with Gasteiger partial charge >= 0.3 is 0 Å². The third kappa shape index (κ3) is 4.66. The van der Waals surface area contributed by atoms with Gasteiger partial charge in [0.1, 0.15) is 0 Å². The summed E-state index contributed by atoms with van der Waals surface area (Å²) in [5, 5.41) is 4.57. The van der Waals surface area contributed by atoms with Crippen molar-refractivity contribution in [2.45, 2.75) is 6.42 Å². The van der Waals surface area contributed by atoms with E-state index in [0.29, 0.717) is 23.6 Å². The van der Waals surface area contributed by atoms with Crippen LogP contribution in [0.4, 0.5) is 0 Å². The number of rotatable bonds is 5. The molecule has 3 nitrogen and oxygen atoms in total. The molecule has 1 heterocycles. The summed E-state index contributed by atoms with van der Waals surface area (Å²) in [6.07, 6.45) is 0.716. The first kappa shape index (κ1) is 19.6. The highest BCUT2D eigenvalue weighted by Gasteiger charge is 2.14. The molecule has 0 aliphatic carbocycles. The molecule has 4 rings (SSSR count). The van der Waals surface area contributed by atoms with Gasteiger partial charge in [-0.1, -0.05) is 70.0 Å². The predicted octanol–water partition coefficient (Wildman–Crippen LogP) is 6.29. The molecule has 0 atom stereocenters. The zero-order valence-electron chi connectivity index (χ0n) is 15.5. The molecule has 1 N–H and O–H groups in total. The van der Waals surface area contributed by atoms with Crippen LogP contribution in [0.5, 0.6) is 0 Å². The van der Waals surface area contributed by atoms with Crippen LogP contribution in [0.25, 0.3) is 22.2 Å². The van der Waals surface area contributed by atoms with Gasteiger partial charge in [-0.15, -0.1) is 0 Å². The number of para-hydroxylation sites is 1. The molecule has 0 spiro atoms. The van der Waals surface area contributed by atoms with Crippen molar-refractivity contribution in [1.82, 2.24) is 10.3 Å². The first-order valence-corrected chi connectivity index (χ1v) is 10.5. The monoisotopic (exact) mass is 464 g/mol. The SMILES string of the molecule is O=C(NCCc1cccc(Cl)c1)c1cc(-c2cccc(Br)c2)nc2ccccc12. The fraction of sp³-hybridized carbons (Fsp3) is 0.0833. The fourth-order valence-electron chi connectivity index (χ4n) is 3.27. The van der Waals surface area contributed by atoms with E-state index in [0.717, 1.165) is 32.2 Å². The Labute approximate surface area is 182 Å². The van der Waals surface area contributed by atoms with Crippen LogP contribution in [-0.4, -0.2) is 17.4 Å². The van der Waals surface area contributed by atoms with E-state index in [-0.39, 0.29) is 5.91 Å². The maximum Gasteiger partial charge on any atom is 0.252 e. The summed E-state index contributed by atoms with van der Waals surface area (Å²) in [6, 6.07) is 25.2. The van der Waals surface area contributed by atoms with Crippen molar-refractivity contribution in [3.63, 3.8) is 0 Å². The number of carbonyl (C=O) groups excluding carboxylic acids is 1. The molecule has 0 unspecified atom stereocenters. The quantitative estimate of drug-likeness (QED) is 0.376. The number of pyridine rings is 1. The number of benzene rings is 3. The van der Waals surface area contributed by atoms with Crippen molar-refractivity contribution < 1.29 is 4.79 Å². The summed E-state index contributed by atoms with van der Waals surface area (Å²) < 4.78 is 0.970. The molecule has 0 fully saturated rings. The van der Waals surface area contributed by atoms with Crippen molar-refractivity contribution in [2.24, 2.45) is 0 Å². The fourth-order valence-corrected chi connectivity index (χ4v) is 3.88. The number of hydrogen-bond acceptors (Lipinski definition) is 2.